The van der Waals surface area contributed by atoms with Crippen LogP contribution in [0.3, 0.4) is 0 Å². The van der Waals surface area contributed by atoms with Gasteiger partial charge in [-0.25, -0.2) is 0 Å². The molecule has 90 valence electrons. The van der Waals surface area contributed by atoms with Crippen LogP contribution in [0.5, 0.6) is 0 Å². The summed E-state index contributed by atoms with van der Waals surface area (Å²) in [6.45, 7) is 4.06. The summed E-state index contributed by atoms with van der Waals surface area (Å²) in [7, 11) is 0. The molecule has 16 heavy (non-hydrogen) atoms. The Morgan fingerprint density at radius 1 is 1.62 bits per heavy atom. The van der Waals surface area contributed by atoms with Gasteiger partial charge in [0.25, 0.3) is 0 Å². The Balaban J connectivity index is 2.08. The van der Waals surface area contributed by atoms with Gasteiger partial charge in [-0.1, -0.05) is 6.92 Å². The number of aliphatic hydroxyl groups is 1. The molecule has 4 heteroatoms. The number of nitrogens with zero attached hydrogens (tertiary/aromatic N) is 2. The number of hydrogen-bond acceptors (Lipinski definition) is 3. The Morgan fingerprint density at radius 3 is 3.25 bits per heavy atom. The van der Waals surface area contributed by atoms with Crippen molar-refractivity contribution in [1.82, 2.24) is 9.78 Å². The molecule has 1 aromatic heterocycles. The van der Waals surface area contributed by atoms with E-state index in [1.54, 1.807) is 0 Å². The third-order valence-corrected chi connectivity index (χ3v) is 3.11. The summed E-state index contributed by atoms with van der Waals surface area (Å²) in [5.41, 5.74) is 1.10. The first-order valence-corrected chi connectivity index (χ1v) is 6.10. The molecular formula is C12H20N2O2. The van der Waals surface area contributed by atoms with Crippen molar-refractivity contribution in [2.24, 2.45) is 5.92 Å². The van der Waals surface area contributed by atoms with Gasteiger partial charge in [0.15, 0.2) is 0 Å². The largest absolute Gasteiger partial charge is 0.396 e. The van der Waals surface area contributed by atoms with Crippen LogP contribution in [0.15, 0.2) is 12.4 Å². The lowest BCUT2D eigenvalue weighted by atomic mass is 9.92. The van der Waals surface area contributed by atoms with Gasteiger partial charge >= 0.3 is 0 Å². The zero-order valence-corrected chi connectivity index (χ0v) is 9.80. The van der Waals surface area contributed by atoms with E-state index in [0.29, 0.717) is 0 Å². The van der Waals surface area contributed by atoms with Crippen molar-refractivity contribution in [2.45, 2.75) is 38.8 Å². The molecule has 0 radical (unpaired) electrons. The fraction of sp³-hybridized carbons (Fsp3) is 0.750. The second-order valence-corrected chi connectivity index (χ2v) is 4.41. The topological polar surface area (TPSA) is 47.3 Å². The van der Waals surface area contributed by atoms with Gasteiger partial charge in [-0.3, -0.25) is 4.68 Å². The summed E-state index contributed by atoms with van der Waals surface area (Å²) < 4.78 is 7.69. The zero-order valence-electron chi connectivity index (χ0n) is 9.80. The van der Waals surface area contributed by atoms with Crippen molar-refractivity contribution in [1.29, 1.82) is 0 Å². The van der Waals surface area contributed by atoms with Crippen LogP contribution in [0.4, 0.5) is 0 Å². The van der Waals surface area contributed by atoms with Crippen molar-refractivity contribution in [3.63, 3.8) is 0 Å². The van der Waals surface area contributed by atoms with Gasteiger partial charge in [-0.15, -0.1) is 0 Å². The molecule has 1 aromatic rings. The van der Waals surface area contributed by atoms with Crippen LogP contribution in [-0.2, 0) is 11.3 Å². The minimum absolute atomic E-state index is 0.0318. The summed E-state index contributed by atoms with van der Waals surface area (Å²) in [6.07, 6.45) is 7.11. The maximum atomic E-state index is 9.33. The summed E-state index contributed by atoms with van der Waals surface area (Å²) >= 11 is 0. The standard InChI is InChI=1S/C12H20N2O2/c1-2-5-14-8-11(7-13-14)12-10(9-15)4-3-6-16-12/h7-8,10,12,15H,2-6,9H2,1H3. The Bertz CT molecular complexity index is 325. The van der Waals surface area contributed by atoms with Crippen LogP contribution in [0.1, 0.15) is 37.9 Å². The lowest BCUT2D eigenvalue weighted by Crippen LogP contribution is -2.24. The van der Waals surface area contributed by atoms with Crippen LogP contribution in [-0.4, -0.2) is 28.1 Å². The summed E-state index contributed by atoms with van der Waals surface area (Å²) in [6, 6.07) is 0. The number of ether oxygens (including phenoxy) is 1. The summed E-state index contributed by atoms with van der Waals surface area (Å²) in [4.78, 5) is 0. The van der Waals surface area contributed by atoms with E-state index in [0.717, 1.165) is 38.0 Å². The maximum absolute atomic E-state index is 9.33. The monoisotopic (exact) mass is 224 g/mol. The highest BCUT2D eigenvalue weighted by atomic mass is 16.5. The minimum Gasteiger partial charge on any atom is -0.396 e. The lowest BCUT2D eigenvalue weighted by molar-refractivity contribution is -0.0457. The van der Waals surface area contributed by atoms with E-state index in [-0.39, 0.29) is 18.6 Å². The molecule has 2 atom stereocenters. The van der Waals surface area contributed by atoms with Crippen LogP contribution in [0, 0.1) is 5.92 Å². The van der Waals surface area contributed by atoms with Gasteiger partial charge in [-0.05, 0) is 19.3 Å². The van der Waals surface area contributed by atoms with E-state index < -0.39 is 0 Å². The van der Waals surface area contributed by atoms with Crippen LogP contribution >= 0.6 is 0 Å². The molecule has 0 amide bonds. The highest BCUT2D eigenvalue weighted by Gasteiger charge is 2.27. The summed E-state index contributed by atoms with van der Waals surface area (Å²) in [5, 5.41) is 13.6. The molecule has 0 aromatic carbocycles. The molecule has 2 heterocycles. The van der Waals surface area contributed by atoms with Crippen molar-refractivity contribution >= 4 is 0 Å². The predicted molar refractivity (Wildman–Crippen MR) is 61.0 cm³/mol. The Hall–Kier alpha value is -0.870. The highest BCUT2D eigenvalue weighted by Crippen LogP contribution is 2.32. The quantitative estimate of drug-likeness (QED) is 0.847. The number of aryl methyl sites for hydroxylation is 1. The lowest BCUT2D eigenvalue weighted by Gasteiger charge is -2.29. The molecule has 1 aliphatic rings. The smallest absolute Gasteiger partial charge is 0.0905 e. The van der Waals surface area contributed by atoms with Crippen LogP contribution < -0.4 is 0 Å². The van der Waals surface area contributed by atoms with E-state index in [4.69, 9.17) is 4.74 Å². The van der Waals surface area contributed by atoms with E-state index in [1.807, 2.05) is 17.1 Å². The average molecular weight is 224 g/mol. The van der Waals surface area contributed by atoms with Crippen LogP contribution in [0.2, 0.25) is 0 Å². The van der Waals surface area contributed by atoms with Crippen LogP contribution in [0.25, 0.3) is 0 Å². The SMILES string of the molecule is CCCn1cc(C2OCCCC2CO)cn1. The number of hydrogen-bond donors (Lipinski definition) is 1. The molecule has 1 fully saturated rings. The fourth-order valence-corrected chi connectivity index (χ4v) is 2.28. The molecule has 4 nitrogen and oxygen atoms in total. The Labute approximate surface area is 96.2 Å². The first-order valence-electron chi connectivity index (χ1n) is 6.10. The third-order valence-electron chi connectivity index (χ3n) is 3.11. The second kappa shape index (κ2) is 5.46. The van der Waals surface area contributed by atoms with E-state index >= 15 is 0 Å². The molecule has 1 N–H and O–H groups in total. The molecule has 0 saturated carbocycles. The first-order chi connectivity index (χ1) is 7.85. The van der Waals surface area contributed by atoms with Gasteiger partial charge in [0.1, 0.15) is 0 Å². The van der Waals surface area contributed by atoms with E-state index in [9.17, 15) is 5.11 Å². The minimum atomic E-state index is 0.0318. The molecular weight excluding hydrogens is 204 g/mol. The molecule has 1 aliphatic heterocycles. The third kappa shape index (κ3) is 2.44. The molecule has 0 bridgehead atoms. The maximum Gasteiger partial charge on any atom is 0.0905 e. The van der Waals surface area contributed by atoms with Crippen molar-refractivity contribution in [2.75, 3.05) is 13.2 Å². The van der Waals surface area contributed by atoms with E-state index in [1.165, 1.54) is 0 Å². The average Bonchev–Trinajstić information content (AvgIpc) is 2.78. The molecule has 2 unspecified atom stereocenters. The summed E-state index contributed by atoms with van der Waals surface area (Å²) in [5.74, 6) is 0.230. The molecule has 1 saturated heterocycles. The first kappa shape index (κ1) is 11.6. The van der Waals surface area contributed by atoms with Crippen molar-refractivity contribution < 1.29 is 9.84 Å². The highest BCUT2D eigenvalue weighted by molar-refractivity contribution is 5.10. The molecule has 0 aliphatic carbocycles. The van der Waals surface area contributed by atoms with E-state index in [2.05, 4.69) is 12.0 Å². The fourth-order valence-electron chi connectivity index (χ4n) is 2.28. The number of aromatic nitrogens is 2. The number of aliphatic hydroxyl groups excluding tert-OH is 1. The Kier molecular flexibility index (Phi) is 3.96. The molecule has 2 rings (SSSR count). The van der Waals surface area contributed by atoms with Gasteiger partial charge in [-0.2, -0.15) is 5.10 Å². The van der Waals surface area contributed by atoms with Gasteiger partial charge < -0.3 is 9.84 Å². The predicted octanol–water partition coefficient (Wildman–Crippen LogP) is 1.75. The van der Waals surface area contributed by atoms with Crippen molar-refractivity contribution in [3.05, 3.63) is 18.0 Å². The second-order valence-electron chi connectivity index (χ2n) is 4.41. The zero-order chi connectivity index (χ0) is 11.4. The Morgan fingerprint density at radius 2 is 2.50 bits per heavy atom. The normalized spacial score (nSPS) is 25.9. The van der Waals surface area contributed by atoms with Gasteiger partial charge in [0.2, 0.25) is 0 Å². The number of rotatable bonds is 4. The van der Waals surface area contributed by atoms with Crippen molar-refractivity contribution in [3.8, 4) is 0 Å². The van der Waals surface area contributed by atoms with Gasteiger partial charge in [0, 0.05) is 37.4 Å². The molecule has 0 spiro atoms. The van der Waals surface area contributed by atoms with Gasteiger partial charge in [0.05, 0.1) is 12.3 Å².